The predicted octanol–water partition coefficient (Wildman–Crippen LogP) is 2.70. The van der Waals surface area contributed by atoms with Crippen LogP contribution >= 0.6 is 12.2 Å². The number of amides is 1. The molecule has 3 rings (SSSR count). The van der Waals surface area contributed by atoms with Gasteiger partial charge in [-0.05, 0) is 41.0 Å². The first-order valence-electron chi connectivity index (χ1n) is 8.58. The minimum absolute atomic E-state index is 0.0636. The third-order valence-electron chi connectivity index (χ3n) is 4.14. The van der Waals surface area contributed by atoms with E-state index in [2.05, 4.69) is 10.6 Å². The van der Waals surface area contributed by atoms with E-state index in [1.165, 1.54) is 12.1 Å². The Balaban J connectivity index is 1.74. The fourth-order valence-corrected chi connectivity index (χ4v) is 3.04. The van der Waals surface area contributed by atoms with E-state index in [-0.39, 0.29) is 16.6 Å². The zero-order valence-corrected chi connectivity index (χ0v) is 15.6. The quantitative estimate of drug-likeness (QED) is 0.656. The SMILES string of the molecule is O=C([O-])c1ccc(NC(=S)NC(=O)C(c2ccccc2)c2ccccc2)cc1. The fourth-order valence-electron chi connectivity index (χ4n) is 2.82. The van der Waals surface area contributed by atoms with Crippen LogP contribution in [0.4, 0.5) is 5.69 Å². The summed E-state index contributed by atoms with van der Waals surface area (Å²) in [5.41, 5.74) is 2.33. The van der Waals surface area contributed by atoms with Gasteiger partial charge in [-0.1, -0.05) is 72.8 Å². The molecule has 0 radical (unpaired) electrons. The van der Waals surface area contributed by atoms with E-state index in [4.69, 9.17) is 12.2 Å². The molecule has 6 heteroatoms. The number of benzene rings is 3. The number of hydrogen-bond donors (Lipinski definition) is 2. The van der Waals surface area contributed by atoms with Crippen molar-refractivity contribution >= 4 is 34.9 Å². The largest absolute Gasteiger partial charge is 0.545 e. The predicted molar refractivity (Wildman–Crippen MR) is 110 cm³/mol. The Morgan fingerprint density at radius 1 is 0.786 bits per heavy atom. The molecular weight excluding hydrogens is 372 g/mol. The van der Waals surface area contributed by atoms with Crippen LogP contribution in [0.25, 0.3) is 0 Å². The van der Waals surface area contributed by atoms with Crippen molar-refractivity contribution in [3.05, 3.63) is 102 Å². The highest BCUT2D eigenvalue weighted by molar-refractivity contribution is 7.80. The van der Waals surface area contributed by atoms with Crippen LogP contribution in [0.5, 0.6) is 0 Å². The van der Waals surface area contributed by atoms with Gasteiger partial charge in [-0.25, -0.2) is 0 Å². The Kier molecular flexibility index (Phi) is 6.14. The van der Waals surface area contributed by atoms with Crippen molar-refractivity contribution in [2.45, 2.75) is 5.92 Å². The van der Waals surface area contributed by atoms with E-state index < -0.39 is 11.9 Å². The smallest absolute Gasteiger partial charge is 0.238 e. The van der Waals surface area contributed by atoms with E-state index in [9.17, 15) is 14.7 Å². The highest BCUT2D eigenvalue weighted by Gasteiger charge is 2.23. The summed E-state index contributed by atoms with van der Waals surface area (Å²) in [6, 6.07) is 24.8. The molecule has 0 saturated heterocycles. The third-order valence-corrected chi connectivity index (χ3v) is 4.35. The van der Waals surface area contributed by atoms with Crippen molar-refractivity contribution in [2.75, 3.05) is 5.32 Å². The Morgan fingerprint density at radius 2 is 1.29 bits per heavy atom. The highest BCUT2D eigenvalue weighted by atomic mass is 32.1. The lowest BCUT2D eigenvalue weighted by atomic mass is 9.90. The van der Waals surface area contributed by atoms with Gasteiger partial charge in [0.05, 0.1) is 11.9 Å². The molecule has 1 amide bonds. The number of nitrogens with one attached hydrogen (secondary N) is 2. The van der Waals surface area contributed by atoms with Crippen LogP contribution in [-0.2, 0) is 4.79 Å². The standard InChI is InChI=1S/C22H18N2O3S/c25-20(24-22(28)23-18-13-11-17(12-14-18)21(26)27)19(15-7-3-1-4-8-15)16-9-5-2-6-10-16/h1-14,19H,(H,26,27)(H2,23,24,25,28)/p-1. The number of aromatic carboxylic acids is 1. The van der Waals surface area contributed by atoms with Crippen molar-refractivity contribution in [1.29, 1.82) is 0 Å². The number of rotatable bonds is 5. The maximum absolute atomic E-state index is 13.0. The van der Waals surface area contributed by atoms with Crippen molar-refractivity contribution in [1.82, 2.24) is 5.32 Å². The lowest BCUT2D eigenvalue weighted by Crippen LogP contribution is -2.37. The van der Waals surface area contributed by atoms with Gasteiger partial charge in [-0.3, -0.25) is 4.79 Å². The summed E-state index contributed by atoms with van der Waals surface area (Å²) in [5, 5.41) is 16.5. The van der Waals surface area contributed by atoms with Crippen molar-refractivity contribution in [2.24, 2.45) is 0 Å². The zero-order valence-electron chi connectivity index (χ0n) is 14.8. The summed E-state index contributed by atoms with van der Waals surface area (Å²) >= 11 is 5.24. The molecule has 0 aliphatic rings. The topological polar surface area (TPSA) is 81.3 Å². The second-order valence-corrected chi connectivity index (χ2v) is 6.47. The van der Waals surface area contributed by atoms with Gasteiger partial charge in [0.1, 0.15) is 0 Å². The van der Waals surface area contributed by atoms with Crippen LogP contribution in [0.15, 0.2) is 84.9 Å². The molecule has 0 saturated carbocycles. The number of anilines is 1. The molecule has 2 N–H and O–H groups in total. The van der Waals surface area contributed by atoms with Crippen LogP contribution in [0, 0.1) is 0 Å². The molecule has 0 bridgehead atoms. The van der Waals surface area contributed by atoms with Crippen molar-refractivity contribution in [3.63, 3.8) is 0 Å². The first kappa shape index (κ1) is 19.3. The summed E-state index contributed by atoms with van der Waals surface area (Å²) in [6.45, 7) is 0. The monoisotopic (exact) mass is 389 g/mol. The molecule has 0 fully saturated rings. The molecule has 5 nitrogen and oxygen atoms in total. The van der Waals surface area contributed by atoms with Gasteiger partial charge >= 0.3 is 0 Å². The van der Waals surface area contributed by atoms with Crippen LogP contribution in [0.1, 0.15) is 27.4 Å². The number of carboxylic acid groups (broad SMARTS) is 1. The summed E-state index contributed by atoms with van der Waals surface area (Å²) < 4.78 is 0. The van der Waals surface area contributed by atoms with Gasteiger partial charge in [0.15, 0.2) is 5.11 Å². The molecule has 0 aromatic heterocycles. The second kappa shape index (κ2) is 8.92. The molecule has 0 heterocycles. The lowest BCUT2D eigenvalue weighted by molar-refractivity contribution is -0.255. The minimum atomic E-state index is -1.25. The molecule has 140 valence electrons. The van der Waals surface area contributed by atoms with Crippen LogP contribution in [-0.4, -0.2) is 17.0 Å². The second-order valence-electron chi connectivity index (χ2n) is 6.06. The van der Waals surface area contributed by atoms with Crippen molar-refractivity contribution in [3.8, 4) is 0 Å². The number of carboxylic acids is 1. The molecular formula is C22H17N2O3S-. The summed E-state index contributed by atoms with van der Waals surface area (Å²) in [7, 11) is 0. The van der Waals surface area contributed by atoms with E-state index in [0.29, 0.717) is 5.69 Å². The van der Waals surface area contributed by atoms with Gasteiger partial charge < -0.3 is 20.5 Å². The minimum Gasteiger partial charge on any atom is -0.545 e. The zero-order chi connectivity index (χ0) is 19.9. The average molecular weight is 389 g/mol. The number of carbonyl (C=O) groups is 2. The Bertz CT molecular complexity index is 934. The van der Waals surface area contributed by atoms with E-state index in [0.717, 1.165) is 11.1 Å². The van der Waals surface area contributed by atoms with Crippen LogP contribution in [0.3, 0.4) is 0 Å². The normalized spacial score (nSPS) is 10.3. The van der Waals surface area contributed by atoms with Gasteiger partial charge in [-0.2, -0.15) is 0 Å². The first-order chi connectivity index (χ1) is 13.5. The molecule has 0 spiro atoms. The van der Waals surface area contributed by atoms with E-state index in [1.807, 2.05) is 60.7 Å². The molecule has 28 heavy (non-hydrogen) atoms. The average Bonchev–Trinajstić information content (AvgIpc) is 2.70. The van der Waals surface area contributed by atoms with Crippen LogP contribution in [0.2, 0.25) is 0 Å². The summed E-state index contributed by atoms with van der Waals surface area (Å²) in [6.07, 6.45) is 0. The number of carbonyl (C=O) groups excluding carboxylic acids is 2. The number of hydrogen-bond acceptors (Lipinski definition) is 4. The van der Waals surface area contributed by atoms with Gasteiger partial charge in [0, 0.05) is 5.69 Å². The molecule has 0 unspecified atom stereocenters. The lowest BCUT2D eigenvalue weighted by Gasteiger charge is -2.18. The Labute approximate surface area is 168 Å². The summed E-state index contributed by atoms with van der Waals surface area (Å²) in [4.78, 5) is 23.8. The molecule has 0 aliphatic heterocycles. The maximum Gasteiger partial charge on any atom is 0.238 e. The molecule has 0 aliphatic carbocycles. The maximum atomic E-state index is 13.0. The van der Waals surface area contributed by atoms with Crippen LogP contribution < -0.4 is 15.7 Å². The van der Waals surface area contributed by atoms with E-state index in [1.54, 1.807) is 12.1 Å². The molecule has 3 aromatic carbocycles. The van der Waals surface area contributed by atoms with Gasteiger partial charge in [-0.15, -0.1) is 0 Å². The molecule has 0 atom stereocenters. The highest BCUT2D eigenvalue weighted by Crippen LogP contribution is 2.24. The fraction of sp³-hybridized carbons (Fsp3) is 0.0455. The Morgan fingerprint density at radius 3 is 1.75 bits per heavy atom. The van der Waals surface area contributed by atoms with Gasteiger partial charge in [0.25, 0.3) is 0 Å². The third kappa shape index (κ3) is 4.81. The Hall–Kier alpha value is -3.51. The summed E-state index contributed by atoms with van der Waals surface area (Å²) in [5.74, 6) is -2.03. The van der Waals surface area contributed by atoms with Gasteiger partial charge in [0.2, 0.25) is 5.91 Å². The number of thiocarbonyl (C=S) groups is 1. The molecule has 3 aromatic rings. The van der Waals surface area contributed by atoms with Crippen molar-refractivity contribution < 1.29 is 14.7 Å². The van der Waals surface area contributed by atoms with E-state index >= 15 is 0 Å². The first-order valence-corrected chi connectivity index (χ1v) is 8.98.